The molecule has 2 nitrogen and oxygen atoms in total. The topological polar surface area (TPSA) is 34.1 Å². The number of ketones is 2. The van der Waals surface area contributed by atoms with E-state index in [4.69, 9.17) is 0 Å². The molecule has 1 rings (SSSR count). The van der Waals surface area contributed by atoms with E-state index in [0.717, 1.165) is 6.42 Å². The summed E-state index contributed by atoms with van der Waals surface area (Å²) >= 11 is 0. The average molecular weight is 207 g/mol. The molecule has 12 heavy (non-hydrogen) atoms. The van der Waals surface area contributed by atoms with Gasteiger partial charge in [0.25, 0.3) is 0 Å². The predicted molar refractivity (Wildman–Crippen MR) is 42.9 cm³/mol. The van der Waals surface area contributed by atoms with Crippen LogP contribution in [-0.2, 0) is 26.7 Å². The SMILES string of the molecule is CC(=O)C(C)=O.[C-]1=CC=CC1.[Fe]. The fourth-order valence-electron chi connectivity index (χ4n) is 0.340. The second kappa shape index (κ2) is 8.44. The van der Waals surface area contributed by atoms with Crippen LogP contribution in [0.3, 0.4) is 0 Å². The van der Waals surface area contributed by atoms with Gasteiger partial charge in [0, 0.05) is 30.9 Å². The van der Waals surface area contributed by atoms with E-state index in [1.807, 2.05) is 12.2 Å². The van der Waals surface area contributed by atoms with Gasteiger partial charge >= 0.3 is 0 Å². The van der Waals surface area contributed by atoms with Gasteiger partial charge < -0.3 is 0 Å². The molecule has 0 radical (unpaired) electrons. The summed E-state index contributed by atoms with van der Waals surface area (Å²) in [6.45, 7) is 2.50. The molecule has 0 fully saturated rings. The third-order valence-corrected chi connectivity index (χ3v) is 1.08. The smallest absolute Gasteiger partial charge is 0.195 e. The van der Waals surface area contributed by atoms with E-state index in [9.17, 15) is 9.59 Å². The monoisotopic (exact) mass is 207 g/mol. The fourth-order valence-corrected chi connectivity index (χ4v) is 0.340. The summed E-state index contributed by atoms with van der Waals surface area (Å²) in [6, 6.07) is 0. The molecule has 0 aliphatic heterocycles. The van der Waals surface area contributed by atoms with Gasteiger partial charge in [-0.2, -0.15) is 6.08 Å². The van der Waals surface area contributed by atoms with Gasteiger partial charge in [-0.15, -0.1) is 6.42 Å². The van der Waals surface area contributed by atoms with Crippen LogP contribution >= 0.6 is 0 Å². The molecule has 0 atom stereocenters. The first-order valence-corrected chi connectivity index (χ1v) is 3.38. The van der Waals surface area contributed by atoms with E-state index >= 15 is 0 Å². The summed E-state index contributed by atoms with van der Waals surface area (Å²) in [5.41, 5.74) is 0. The van der Waals surface area contributed by atoms with Crippen molar-refractivity contribution in [1.29, 1.82) is 0 Å². The molecular formula is C9H11FeO2-. The number of carbonyl (C=O) groups excluding carboxylic acids is 2. The van der Waals surface area contributed by atoms with Crippen LogP contribution in [0, 0.1) is 6.08 Å². The Balaban J connectivity index is 0. The summed E-state index contributed by atoms with van der Waals surface area (Å²) in [5.74, 6) is -0.759. The maximum atomic E-state index is 9.79. The zero-order valence-corrected chi connectivity index (χ0v) is 8.21. The Hall–Kier alpha value is -0.661. The van der Waals surface area contributed by atoms with Crippen LogP contribution in [0.5, 0.6) is 0 Å². The Morgan fingerprint density at radius 2 is 1.75 bits per heavy atom. The van der Waals surface area contributed by atoms with E-state index in [-0.39, 0.29) is 28.6 Å². The molecule has 3 heteroatoms. The van der Waals surface area contributed by atoms with Gasteiger partial charge in [0.1, 0.15) is 0 Å². The minimum Gasteiger partial charge on any atom is -0.291 e. The van der Waals surface area contributed by atoms with E-state index in [2.05, 4.69) is 12.2 Å². The second-order valence-corrected chi connectivity index (χ2v) is 2.12. The standard InChI is InChI=1S/C5H5.C4H6O2.Fe/c1-2-4-5-3-1;1-3(5)4(2)6;/h1-3H,4H2;1-2H3;/q-1;;. The molecule has 0 aromatic heterocycles. The third-order valence-electron chi connectivity index (χ3n) is 1.08. The molecule has 0 saturated carbocycles. The van der Waals surface area contributed by atoms with E-state index in [0.29, 0.717) is 0 Å². The molecule has 68 valence electrons. The van der Waals surface area contributed by atoms with Crippen molar-refractivity contribution in [3.05, 3.63) is 24.3 Å². The van der Waals surface area contributed by atoms with Crippen LogP contribution in [0.1, 0.15) is 20.3 Å². The predicted octanol–water partition coefficient (Wildman–Crippen LogP) is 1.47. The zero-order chi connectivity index (χ0) is 8.69. The van der Waals surface area contributed by atoms with Gasteiger partial charge in [0.15, 0.2) is 11.6 Å². The van der Waals surface area contributed by atoms with E-state index < -0.39 is 0 Å². The Bertz CT molecular complexity index is 183. The van der Waals surface area contributed by atoms with Gasteiger partial charge in [-0.25, -0.2) is 12.2 Å². The molecule has 0 amide bonds. The fraction of sp³-hybridized carbons (Fsp3) is 0.333. The molecule has 0 aromatic carbocycles. The number of allylic oxidation sites excluding steroid dienone is 4. The zero-order valence-electron chi connectivity index (χ0n) is 7.11. The molecule has 1 aliphatic carbocycles. The molecule has 0 aromatic rings. The number of Topliss-reactive ketones (excluding diaryl/α,β-unsaturated/α-hetero) is 2. The maximum absolute atomic E-state index is 9.79. The Labute approximate surface area is 83.2 Å². The van der Waals surface area contributed by atoms with Crippen molar-refractivity contribution < 1.29 is 26.7 Å². The van der Waals surface area contributed by atoms with Gasteiger partial charge in [-0.3, -0.25) is 15.7 Å². The molecule has 0 saturated heterocycles. The number of rotatable bonds is 1. The number of hydrogen-bond acceptors (Lipinski definition) is 2. The van der Waals surface area contributed by atoms with Crippen molar-refractivity contribution in [2.45, 2.75) is 20.3 Å². The minimum absolute atomic E-state index is 0. The van der Waals surface area contributed by atoms with Gasteiger partial charge in [-0.1, -0.05) is 0 Å². The van der Waals surface area contributed by atoms with Gasteiger partial charge in [0.2, 0.25) is 0 Å². The quantitative estimate of drug-likeness (QED) is 0.370. The summed E-state index contributed by atoms with van der Waals surface area (Å²) in [6.07, 6.45) is 10.0. The molecule has 0 unspecified atom stereocenters. The average Bonchev–Trinajstić information content (AvgIpc) is 2.41. The van der Waals surface area contributed by atoms with Crippen molar-refractivity contribution in [1.82, 2.24) is 0 Å². The summed E-state index contributed by atoms with van der Waals surface area (Å²) in [7, 11) is 0. The molecular weight excluding hydrogens is 196 g/mol. The molecule has 0 bridgehead atoms. The first-order chi connectivity index (χ1) is 5.14. The van der Waals surface area contributed by atoms with Crippen LogP contribution in [0.4, 0.5) is 0 Å². The van der Waals surface area contributed by atoms with Crippen molar-refractivity contribution in [2.24, 2.45) is 0 Å². The molecule has 0 heterocycles. The van der Waals surface area contributed by atoms with Crippen LogP contribution in [-0.4, -0.2) is 11.6 Å². The van der Waals surface area contributed by atoms with Crippen molar-refractivity contribution >= 4 is 11.6 Å². The third kappa shape index (κ3) is 9.34. The van der Waals surface area contributed by atoms with Crippen LogP contribution < -0.4 is 0 Å². The van der Waals surface area contributed by atoms with Crippen molar-refractivity contribution in [2.75, 3.05) is 0 Å². The normalized spacial score (nSPS) is 11.2. The van der Waals surface area contributed by atoms with Crippen molar-refractivity contribution in [3.63, 3.8) is 0 Å². The van der Waals surface area contributed by atoms with E-state index in [1.165, 1.54) is 13.8 Å². The Morgan fingerprint density at radius 3 is 1.83 bits per heavy atom. The van der Waals surface area contributed by atoms with Crippen LogP contribution in [0.2, 0.25) is 0 Å². The summed E-state index contributed by atoms with van der Waals surface area (Å²) in [5, 5.41) is 0. The molecule has 0 N–H and O–H groups in total. The maximum Gasteiger partial charge on any atom is 0.195 e. The van der Waals surface area contributed by atoms with Gasteiger partial charge in [-0.05, 0) is 0 Å². The van der Waals surface area contributed by atoms with Crippen molar-refractivity contribution in [3.8, 4) is 0 Å². The molecule has 1 aliphatic rings. The largest absolute Gasteiger partial charge is 0.291 e. The second-order valence-electron chi connectivity index (χ2n) is 2.12. The summed E-state index contributed by atoms with van der Waals surface area (Å²) < 4.78 is 0. The Morgan fingerprint density at radius 1 is 1.25 bits per heavy atom. The minimum atomic E-state index is -0.380. The van der Waals surface area contributed by atoms with E-state index in [1.54, 1.807) is 0 Å². The molecule has 0 spiro atoms. The van der Waals surface area contributed by atoms with Crippen LogP contribution in [0.15, 0.2) is 18.2 Å². The first kappa shape index (κ1) is 13.9. The number of carbonyl (C=O) groups is 2. The Kier molecular flexibility index (Phi) is 9.77. The van der Waals surface area contributed by atoms with Crippen LogP contribution in [0.25, 0.3) is 0 Å². The van der Waals surface area contributed by atoms with Gasteiger partial charge in [0.05, 0.1) is 0 Å². The first-order valence-electron chi connectivity index (χ1n) is 3.38. The number of hydrogen-bond donors (Lipinski definition) is 0. The summed E-state index contributed by atoms with van der Waals surface area (Å²) in [4.78, 5) is 19.6.